The van der Waals surface area contributed by atoms with Crippen LogP contribution in [0.2, 0.25) is 0 Å². The molecule has 0 spiro atoms. The zero-order valence-electron chi connectivity index (χ0n) is 10.7. The van der Waals surface area contributed by atoms with Gasteiger partial charge in [-0.3, -0.25) is 4.79 Å². The van der Waals surface area contributed by atoms with Gasteiger partial charge < -0.3 is 5.11 Å². The quantitative estimate of drug-likeness (QED) is 0.886. The Morgan fingerprint density at radius 1 is 1.39 bits per heavy atom. The molecule has 2 rings (SSSR count). The maximum absolute atomic E-state index is 10.8. The minimum absolute atomic E-state index is 0.0910. The van der Waals surface area contributed by atoms with Gasteiger partial charge in [0.05, 0.1) is 12.1 Å². The van der Waals surface area contributed by atoms with Crippen molar-refractivity contribution < 1.29 is 9.90 Å². The van der Waals surface area contributed by atoms with Crippen LogP contribution in [0.25, 0.3) is 5.65 Å². The fourth-order valence-corrected chi connectivity index (χ4v) is 1.94. The van der Waals surface area contributed by atoms with Crippen LogP contribution >= 0.6 is 0 Å². The number of carbonyl (C=O) groups is 1. The molecule has 0 aliphatic heterocycles. The van der Waals surface area contributed by atoms with E-state index in [1.54, 1.807) is 4.52 Å². The van der Waals surface area contributed by atoms with E-state index >= 15 is 0 Å². The summed E-state index contributed by atoms with van der Waals surface area (Å²) in [7, 11) is 0. The summed E-state index contributed by atoms with van der Waals surface area (Å²) in [6.45, 7) is 5.70. The van der Waals surface area contributed by atoms with Gasteiger partial charge in [-0.15, -0.1) is 10.2 Å². The third-order valence-corrected chi connectivity index (χ3v) is 2.73. The molecule has 0 saturated heterocycles. The summed E-state index contributed by atoms with van der Waals surface area (Å²) in [5, 5.41) is 21.3. The average Bonchev–Trinajstić information content (AvgIpc) is 2.58. The second kappa shape index (κ2) is 4.36. The lowest BCUT2D eigenvalue weighted by Crippen LogP contribution is -2.21. The Morgan fingerprint density at radius 3 is 2.78 bits per heavy atom. The summed E-state index contributed by atoms with van der Waals surface area (Å²) in [5.41, 5.74) is 1.18. The molecular formula is C12H16N4O2. The zero-order chi connectivity index (χ0) is 13.3. The van der Waals surface area contributed by atoms with Crippen LogP contribution in [0, 0.1) is 12.3 Å². The molecule has 0 radical (unpaired) electrons. The number of fused-ring (bicyclic) bond motifs is 1. The number of aliphatic carboxylic acids is 1. The molecule has 0 atom stereocenters. The van der Waals surface area contributed by atoms with Crippen molar-refractivity contribution in [1.29, 1.82) is 0 Å². The van der Waals surface area contributed by atoms with E-state index < -0.39 is 5.97 Å². The first kappa shape index (κ1) is 12.5. The Labute approximate surface area is 105 Å². The first-order valence-corrected chi connectivity index (χ1v) is 5.77. The second-order valence-electron chi connectivity index (χ2n) is 5.27. The molecule has 0 bridgehead atoms. The van der Waals surface area contributed by atoms with Crippen LogP contribution in [0.3, 0.4) is 0 Å². The molecule has 6 nitrogen and oxygen atoms in total. The normalized spacial score (nSPS) is 11.9. The Bertz CT molecular complexity index is 589. The van der Waals surface area contributed by atoms with Crippen molar-refractivity contribution in [1.82, 2.24) is 19.8 Å². The number of aryl methyl sites for hydroxylation is 1. The van der Waals surface area contributed by atoms with E-state index in [2.05, 4.69) is 15.3 Å². The third kappa shape index (κ3) is 2.64. The van der Waals surface area contributed by atoms with Gasteiger partial charge >= 0.3 is 5.97 Å². The number of aromatic nitrogens is 4. The average molecular weight is 248 g/mol. The monoisotopic (exact) mass is 248 g/mol. The lowest BCUT2D eigenvalue weighted by Gasteiger charge is -2.20. The van der Waals surface area contributed by atoms with Crippen LogP contribution in [0.1, 0.15) is 31.8 Å². The summed E-state index contributed by atoms with van der Waals surface area (Å²) < 4.78 is 1.68. The number of hydrogen-bond acceptors (Lipinski definition) is 4. The zero-order valence-corrected chi connectivity index (χ0v) is 10.7. The van der Waals surface area contributed by atoms with E-state index in [9.17, 15) is 4.79 Å². The van der Waals surface area contributed by atoms with Crippen LogP contribution in [0.15, 0.2) is 12.1 Å². The highest BCUT2D eigenvalue weighted by Gasteiger charge is 2.25. The Kier molecular flexibility index (Phi) is 3.02. The highest BCUT2D eigenvalue weighted by atomic mass is 16.4. The van der Waals surface area contributed by atoms with E-state index in [0.29, 0.717) is 17.9 Å². The predicted octanol–water partition coefficient (Wildman–Crippen LogP) is 1.48. The van der Waals surface area contributed by atoms with Gasteiger partial charge in [-0.05, 0) is 24.5 Å². The van der Waals surface area contributed by atoms with E-state index in [0.717, 1.165) is 5.69 Å². The van der Waals surface area contributed by atoms with Gasteiger partial charge in [0.2, 0.25) is 0 Å². The molecule has 2 heterocycles. The molecule has 0 amide bonds. The SMILES string of the molecule is Cc1ccc2nnc(CC(C)(C)CC(=O)O)n2n1. The standard InChI is InChI=1S/C12H16N4O2/c1-8-4-5-9-13-14-10(16(9)15-8)6-12(2,3)7-11(17)18/h4-5H,6-7H2,1-3H3,(H,17,18). The molecule has 0 aliphatic carbocycles. The fraction of sp³-hybridized carbons (Fsp3) is 0.500. The Balaban J connectivity index is 2.31. The second-order valence-corrected chi connectivity index (χ2v) is 5.27. The van der Waals surface area contributed by atoms with Gasteiger partial charge in [-0.1, -0.05) is 13.8 Å². The van der Waals surface area contributed by atoms with E-state index in [-0.39, 0.29) is 11.8 Å². The minimum atomic E-state index is -0.807. The number of hydrogen-bond donors (Lipinski definition) is 1. The topological polar surface area (TPSA) is 80.4 Å². The van der Waals surface area contributed by atoms with Crippen molar-refractivity contribution in [2.24, 2.45) is 5.41 Å². The lowest BCUT2D eigenvalue weighted by molar-refractivity contribution is -0.139. The summed E-state index contributed by atoms with van der Waals surface area (Å²) in [6.07, 6.45) is 0.616. The fourth-order valence-electron chi connectivity index (χ4n) is 1.94. The summed E-state index contributed by atoms with van der Waals surface area (Å²) in [6, 6.07) is 3.72. The number of rotatable bonds is 4. The van der Waals surface area contributed by atoms with Crippen molar-refractivity contribution in [3.63, 3.8) is 0 Å². The van der Waals surface area contributed by atoms with E-state index in [1.807, 2.05) is 32.9 Å². The van der Waals surface area contributed by atoms with Crippen molar-refractivity contribution in [2.45, 2.75) is 33.6 Å². The number of nitrogens with zero attached hydrogens (tertiary/aromatic N) is 4. The van der Waals surface area contributed by atoms with E-state index in [4.69, 9.17) is 5.11 Å². The Hall–Kier alpha value is -1.98. The molecule has 0 aliphatic rings. The molecule has 18 heavy (non-hydrogen) atoms. The smallest absolute Gasteiger partial charge is 0.303 e. The largest absolute Gasteiger partial charge is 0.481 e. The molecule has 6 heteroatoms. The van der Waals surface area contributed by atoms with Gasteiger partial charge in [0.25, 0.3) is 0 Å². The molecule has 2 aromatic rings. The van der Waals surface area contributed by atoms with Gasteiger partial charge in [-0.2, -0.15) is 9.61 Å². The first-order valence-electron chi connectivity index (χ1n) is 5.77. The maximum atomic E-state index is 10.8. The number of carboxylic acid groups (broad SMARTS) is 1. The van der Waals surface area contributed by atoms with Gasteiger partial charge in [0.1, 0.15) is 0 Å². The highest BCUT2D eigenvalue weighted by Crippen LogP contribution is 2.25. The third-order valence-electron chi connectivity index (χ3n) is 2.73. The molecule has 96 valence electrons. The van der Waals surface area contributed by atoms with Crippen molar-refractivity contribution >= 4 is 11.6 Å². The van der Waals surface area contributed by atoms with E-state index in [1.165, 1.54) is 0 Å². The summed E-state index contributed by atoms with van der Waals surface area (Å²) in [4.78, 5) is 10.8. The minimum Gasteiger partial charge on any atom is -0.481 e. The van der Waals surface area contributed by atoms with Gasteiger partial charge in [-0.25, -0.2) is 0 Å². The van der Waals surface area contributed by atoms with Crippen LogP contribution in [-0.4, -0.2) is 30.9 Å². The van der Waals surface area contributed by atoms with Crippen LogP contribution in [0.5, 0.6) is 0 Å². The first-order chi connectivity index (χ1) is 8.37. The highest BCUT2D eigenvalue weighted by molar-refractivity contribution is 5.67. The number of carboxylic acids is 1. The maximum Gasteiger partial charge on any atom is 0.303 e. The lowest BCUT2D eigenvalue weighted by atomic mass is 9.85. The van der Waals surface area contributed by atoms with Crippen molar-refractivity contribution in [3.8, 4) is 0 Å². The summed E-state index contributed by atoms with van der Waals surface area (Å²) in [5.74, 6) is -0.113. The molecule has 0 saturated carbocycles. The predicted molar refractivity (Wildman–Crippen MR) is 65.3 cm³/mol. The molecule has 0 aromatic carbocycles. The van der Waals surface area contributed by atoms with Crippen LogP contribution in [-0.2, 0) is 11.2 Å². The van der Waals surface area contributed by atoms with Crippen LogP contribution in [0.4, 0.5) is 0 Å². The summed E-state index contributed by atoms with van der Waals surface area (Å²) >= 11 is 0. The molecule has 0 fully saturated rings. The molecule has 2 aromatic heterocycles. The molecular weight excluding hydrogens is 232 g/mol. The Morgan fingerprint density at radius 2 is 2.11 bits per heavy atom. The molecule has 1 N–H and O–H groups in total. The van der Waals surface area contributed by atoms with Crippen molar-refractivity contribution in [3.05, 3.63) is 23.7 Å². The van der Waals surface area contributed by atoms with Crippen molar-refractivity contribution in [2.75, 3.05) is 0 Å². The van der Waals surface area contributed by atoms with Gasteiger partial charge in [0.15, 0.2) is 11.5 Å². The molecule has 0 unspecified atom stereocenters. The van der Waals surface area contributed by atoms with Gasteiger partial charge in [0, 0.05) is 6.42 Å². The van der Waals surface area contributed by atoms with Crippen LogP contribution < -0.4 is 0 Å².